The van der Waals surface area contributed by atoms with Gasteiger partial charge in [0.05, 0.1) is 12.0 Å². The summed E-state index contributed by atoms with van der Waals surface area (Å²) in [5.74, 6) is 0.185. The van der Waals surface area contributed by atoms with Gasteiger partial charge in [-0.2, -0.15) is 0 Å². The third-order valence-corrected chi connectivity index (χ3v) is 3.47. The average molecular weight is 248 g/mol. The van der Waals surface area contributed by atoms with Crippen LogP contribution in [0.2, 0.25) is 0 Å². The fourth-order valence-corrected chi connectivity index (χ4v) is 2.37. The number of aromatic nitrogens is 1. The van der Waals surface area contributed by atoms with Gasteiger partial charge in [-0.05, 0) is 37.5 Å². The molecule has 0 aliphatic carbocycles. The van der Waals surface area contributed by atoms with E-state index in [1.165, 1.54) is 0 Å². The van der Waals surface area contributed by atoms with Crippen molar-refractivity contribution in [1.29, 1.82) is 0 Å². The van der Waals surface area contributed by atoms with Crippen LogP contribution >= 0.6 is 0 Å². The predicted octanol–water partition coefficient (Wildman–Crippen LogP) is 1.86. The van der Waals surface area contributed by atoms with Gasteiger partial charge in [0.15, 0.2) is 0 Å². The van der Waals surface area contributed by atoms with Crippen molar-refractivity contribution < 1.29 is 9.53 Å². The van der Waals surface area contributed by atoms with E-state index < -0.39 is 0 Å². The Hall–Kier alpha value is -1.42. The Morgan fingerprint density at radius 2 is 2.22 bits per heavy atom. The zero-order chi connectivity index (χ0) is 13.0. The molecule has 1 aliphatic heterocycles. The van der Waals surface area contributed by atoms with Gasteiger partial charge >= 0.3 is 0 Å². The molecule has 0 bridgehead atoms. The largest absolute Gasteiger partial charge is 0.378 e. The van der Waals surface area contributed by atoms with Gasteiger partial charge in [-0.15, -0.1) is 0 Å². The first-order valence-electron chi connectivity index (χ1n) is 6.44. The number of hydrogen-bond acceptors (Lipinski definition) is 3. The van der Waals surface area contributed by atoms with Crippen molar-refractivity contribution in [2.75, 3.05) is 13.7 Å². The molecule has 1 aromatic rings. The number of nitrogens with zero attached hydrogens (tertiary/aromatic N) is 2. The van der Waals surface area contributed by atoms with Crippen LogP contribution in [0.1, 0.15) is 25.3 Å². The number of carbonyl (C=O) groups excluding carboxylic acids is 1. The lowest BCUT2D eigenvalue weighted by Crippen LogP contribution is -2.40. The summed E-state index contributed by atoms with van der Waals surface area (Å²) in [6, 6.07) is 3.87. The number of hydrogen-bond donors (Lipinski definition) is 0. The quantitative estimate of drug-likeness (QED) is 0.820. The molecule has 18 heavy (non-hydrogen) atoms. The Morgan fingerprint density at radius 1 is 1.50 bits per heavy atom. The summed E-state index contributed by atoms with van der Waals surface area (Å²) in [7, 11) is 1.85. The van der Waals surface area contributed by atoms with Crippen LogP contribution in [-0.2, 0) is 16.1 Å². The second-order valence-corrected chi connectivity index (χ2v) is 4.87. The van der Waals surface area contributed by atoms with Crippen LogP contribution in [0.4, 0.5) is 0 Å². The van der Waals surface area contributed by atoms with Gasteiger partial charge in [-0.3, -0.25) is 9.78 Å². The molecule has 4 heteroatoms. The monoisotopic (exact) mass is 248 g/mol. The van der Waals surface area contributed by atoms with Crippen molar-refractivity contribution in [2.24, 2.45) is 5.92 Å². The molecule has 0 radical (unpaired) electrons. The van der Waals surface area contributed by atoms with Crippen LogP contribution in [0.25, 0.3) is 0 Å². The van der Waals surface area contributed by atoms with Gasteiger partial charge in [0.1, 0.15) is 0 Å². The van der Waals surface area contributed by atoms with Crippen LogP contribution in [-0.4, -0.2) is 35.5 Å². The lowest BCUT2D eigenvalue weighted by molar-refractivity contribution is -0.143. The normalized spacial score (nSPS) is 23.7. The molecular weight excluding hydrogens is 228 g/mol. The van der Waals surface area contributed by atoms with Gasteiger partial charge in [0, 0.05) is 32.6 Å². The molecule has 1 amide bonds. The number of amides is 1. The topological polar surface area (TPSA) is 42.4 Å². The molecule has 2 rings (SSSR count). The van der Waals surface area contributed by atoms with Crippen molar-refractivity contribution >= 4 is 5.91 Å². The van der Waals surface area contributed by atoms with Gasteiger partial charge in [0.25, 0.3) is 0 Å². The molecule has 0 spiro atoms. The highest BCUT2D eigenvalue weighted by molar-refractivity contribution is 5.79. The van der Waals surface area contributed by atoms with E-state index in [2.05, 4.69) is 4.98 Å². The highest BCUT2D eigenvalue weighted by Crippen LogP contribution is 2.22. The molecule has 1 aromatic heterocycles. The lowest BCUT2D eigenvalue weighted by Gasteiger charge is -2.31. The van der Waals surface area contributed by atoms with Gasteiger partial charge in [-0.1, -0.05) is 0 Å². The standard InChI is InChI=1S/C14H20N2O2/c1-11-13(4-3-9-18-11)14(17)16(2)10-12-5-7-15-8-6-12/h5-8,11,13H,3-4,9-10H2,1-2H3. The summed E-state index contributed by atoms with van der Waals surface area (Å²) in [6.07, 6.45) is 5.44. The maximum absolute atomic E-state index is 12.3. The molecular formula is C14H20N2O2. The Kier molecular flexibility index (Phi) is 4.31. The number of pyridine rings is 1. The number of rotatable bonds is 3. The zero-order valence-corrected chi connectivity index (χ0v) is 11.0. The van der Waals surface area contributed by atoms with E-state index in [9.17, 15) is 4.79 Å². The molecule has 98 valence electrons. The number of ether oxygens (including phenoxy) is 1. The fourth-order valence-electron chi connectivity index (χ4n) is 2.37. The van der Waals surface area contributed by atoms with E-state index in [1.807, 2.05) is 26.1 Å². The molecule has 2 unspecified atom stereocenters. The van der Waals surface area contributed by atoms with Crippen LogP contribution < -0.4 is 0 Å². The SMILES string of the molecule is CC1OCCCC1C(=O)N(C)Cc1ccncc1. The van der Waals surface area contributed by atoms with E-state index in [1.54, 1.807) is 17.3 Å². The Balaban J connectivity index is 1.96. The van der Waals surface area contributed by atoms with Crippen LogP contribution in [0.3, 0.4) is 0 Å². The Labute approximate surface area is 108 Å². The molecule has 0 saturated carbocycles. The molecule has 1 fully saturated rings. The van der Waals surface area contributed by atoms with Crippen LogP contribution in [0.15, 0.2) is 24.5 Å². The Bertz CT molecular complexity index is 394. The summed E-state index contributed by atoms with van der Waals surface area (Å²) in [6.45, 7) is 3.39. The Morgan fingerprint density at radius 3 is 2.89 bits per heavy atom. The van der Waals surface area contributed by atoms with E-state index >= 15 is 0 Å². The lowest BCUT2D eigenvalue weighted by atomic mass is 9.94. The van der Waals surface area contributed by atoms with Crippen molar-refractivity contribution in [3.8, 4) is 0 Å². The first-order valence-corrected chi connectivity index (χ1v) is 6.44. The van der Waals surface area contributed by atoms with Gasteiger partial charge < -0.3 is 9.64 Å². The van der Waals surface area contributed by atoms with Crippen LogP contribution in [0.5, 0.6) is 0 Å². The van der Waals surface area contributed by atoms with Crippen molar-refractivity contribution in [1.82, 2.24) is 9.88 Å². The molecule has 1 saturated heterocycles. The maximum atomic E-state index is 12.3. The first kappa shape index (κ1) is 13.0. The van der Waals surface area contributed by atoms with Crippen LogP contribution in [0, 0.1) is 5.92 Å². The summed E-state index contributed by atoms with van der Waals surface area (Å²) in [4.78, 5) is 18.1. The maximum Gasteiger partial charge on any atom is 0.228 e. The highest BCUT2D eigenvalue weighted by atomic mass is 16.5. The predicted molar refractivity (Wildman–Crippen MR) is 68.8 cm³/mol. The second kappa shape index (κ2) is 5.96. The highest BCUT2D eigenvalue weighted by Gasteiger charge is 2.30. The molecule has 0 N–H and O–H groups in total. The van der Waals surface area contributed by atoms with Crippen molar-refractivity contribution in [3.05, 3.63) is 30.1 Å². The van der Waals surface area contributed by atoms with Gasteiger partial charge in [0.2, 0.25) is 5.91 Å². The third kappa shape index (κ3) is 3.07. The average Bonchev–Trinajstić information content (AvgIpc) is 2.39. The molecule has 4 nitrogen and oxygen atoms in total. The van der Waals surface area contributed by atoms with Gasteiger partial charge in [-0.25, -0.2) is 0 Å². The minimum atomic E-state index is 0.00517. The molecule has 0 aromatic carbocycles. The van der Waals surface area contributed by atoms with E-state index in [0.717, 1.165) is 25.0 Å². The summed E-state index contributed by atoms with van der Waals surface area (Å²) in [5.41, 5.74) is 1.10. The second-order valence-electron chi connectivity index (χ2n) is 4.87. The summed E-state index contributed by atoms with van der Waals surface area (Å²) in [5, 5.41) is 0. The third-order valence-electron chi connectivity index (χ3n) is 3.47. The smallest absolute Gasteiger partial charge is 0.228 e. The first-order chi connectivity index (χ1) is 8.68. The summed E-state index contributed by atoms with van der Waals surface area (Å²) < 4.78 is 5.55. The minimum absolute atomic E-state index is 0.00517. The van der Waals surface area contributed by atoms with Crippen molar-refractivity contribution in [3.63, 3.8) is 0 Å². The van der Waals surface area contributed by atoms with E-state index in [4.69, 9.17) is 4.74 Å². The fraction of sp³-hybridized carbons (Fsp3) is 0.571. The minimum Gasteiger partial charge on any atom is -0.378 e. The van der Waals surface area contributed by atoms with E-state index in [0.29, 0.717) is 6.54 Å². The number of carbonyl (C=O) groups is 1. The summed E-state index contributed by atoms with van der Waals surface area (Å²) >= 11 is 0. The molecule has 2 heterocycles. The molecule has 1 aliphatic rings. The van der Waals surface area contributed by atoms with E-state index in [-0.39, 0.29) is 17.9 Å². The van der Waals surface area contributed by atoms with Crippen molar-refractivity contribution in [2.45, 2.75) is 32.4 Å². The zero-order valence-electron chi connectivity index (χ0n) is 11.0. The molecule has 2 atom stereocenters.